The van der Waals surface area contributed by atoms with Crippen molar-refractivity contribution < 1.29 is 0 Å². The van der Waals surface area contributed by atoms with Gasteiger partial charge in [0.05, 0.1) is 9.26 Å². The van der Waals surface area contributed by atoms with E-state index in [1.807, 2.05) is 6.07 Å². The first kappa shape index (κ1) is 9.39. The van der Waals surface area contributed by atoms with Gasteiger partial charge in [0.15, 0.2) is 0 Å². The lowest BCUT2D eigenvalue weighted by atomic mass is 10.1. The summed E-state index contributed by atoms with van der Waals surface area (Å²) in [4.78, 5) is 0. The van der Waals surface area contributed by atoms with E-state index in [1.165, 1.54) is 27.7 Å². The molecule has 0 amide bonds. The van der Waals surface area contributed by atoms with Crippen molar-refractivity contribution in [1.29, 1.82) is 0 Å². The second-order valence-electron chi connectivity index (χ2n) is 3.80. The highest BCUT2D eigenvalue weighted by Gasteiger charge is 2.20. The molecule has 2 aromatic rings. The first-order valence-electron chi connectivity index (χ1n) is 5.17. The zero-order valence-electron chi connectivity index (χ0n) is 8.28. The summed E-state index contributed by atoms with van der Waals surface area (Å²) in [6.45, 7) is 1.08. The minimum absolute atomic E-state index is 1.08. The summed E-state index contributed by atoms with van der Waals surface area (Å²) in [5.74, 6) is 0. The number of benzene rings is 1. The number of aromatic nitrogens is 2. The van der Waals surface area contributed by atoms with Crippen molar-refractivity contribution in [3.8, 4) is 11.3 Å². The summed E-state index contributed by atoms with van der Waals surface area (Å²) >= 11 is 2.42. The van der Waals surface area contributed by atoms with Crippen LogP contribution in [-0.4, -0.2) is 9.78 Å². The smallest absolute Gasteiger partial charge is 0.106 e. The third-order valence-corrected chi connectivity index (χ3v) is 3.96. The molecule has 0 fully saturated rings. The van der Waals surface area contributed by atoms with Crippen LogP contribution in [0.4, 0.5) is 0 Å². The Labute approximate surface area is 102 Å². The summed E-state index contributed by atoms with van der Waals surface area (Å²) in [6.07, 6.45) is 2.42. The molecule has 0 bridgehead atoms. The summed E-state index contributed by atoms with van der Waals surface area (Å²) in [6, 6.07) is 10.4. The molecule has 15 heavy (non-hydrogen) atoms. The molecule has 0 N–H and O–H groups in total. The molecular formula is C12H11IN2. The zero-order valence-corrected chi connectivity index (χ0v) is 10.4. The highest BCUT2D eigenvalue weighted by molar-refractivity contribution is 14.1. The number of aryl methyl sites for hydroxylation is 1. The highest BCUT2D eigenvalue weighted by Crippen LogP contribution is 2.30. The average Bonchev–Trinajstić information content (AvgIpc) is 2.83. The van der Waals surface area contributed by atoms with Gasteiger partial charge in [-0.2, -0.15) is 5.10 Å². The molecular weight excluding hydrogens is 299 g/mol. The predicted molar refractivity (Wildman–Crippen MR) is 68.7 cm³/mol. The SMILES string of the molecule is Ic1c(-c2ccccc2)nn2c1CCC2. The van der Waals surface area contributed by atoms with Gasteiger partial charge in [-0.3, -0.25) is 4.68 Å². The Bertz CT molecular complexity index is 488. The van der Waals surface area contributed by atoms with Crippen molar-refractivity contribution in [3.63, 3.8) is 0 Å². The van der Waals surface area contributed by atoms with Gasteiger partial charge in [-0.05, 0) is 35.4 Å². The first-order valence-corrected chi connectivity index (χ1v) is 6.25. The van der Waals surface area contributed by atoms with E-state index >= 15 is 0 Å². The summed E-state index contributed by atoms with van der Waals surface area (Å²) in [7, 11) is 0. The molecule has 3 rings (SSSR count). The maximum Gasteiger partial charge on any atom is 0.106 e. The van der Waals surface area contributed by atoms with Crippen molar-refractivity contribution in [2.24, 2.45) is 0 Å². The van der Waals surface area contributed by atoms with Crippen molar-refractivity contribution in [2.75, 3.05) is 0 Å². The van der Waals surface area contributed by atoms with E-state index in [1.54, 1.807) is 0 Å². The number of nitrogens with zero attached hydrogens (tertiary/aromatic N) is 2. The van der Waals surface area contributed by atoms with Gasteiger partial charge in [0, 0.05) is 12.1 Å². The fourth-order valence-electron chi connectivity index (χ4n) is 2.08. The van der Waals surface area contributed by atoms with E-state index in [9.17, 15) is 0 Å². The van der Waals surface area contributed by atoms with Crippen LogP contribution in [0.2, 0.25) is 0 Å². The Kier molecular flexibility index (Phi) is 2.27. The van der Waals surface area contributed by atoms with Crippen LogP contribution in [0, 0.1) is 3.57 Å². The van der Waals surface area contributed by atoms with Crippen LogP contribution >= 0.6 is 22.6 Å². The van der Waals surface area contributed by atoms with Gasteiger partial charge in [-0.25, -0.2) is 0 Å². The van der Waals surface area contributed by atoms with Crippen molar-refractivity contribution >= 4 is 22.6 Å². The Morgan fingerprint density at radius 1 is 1.20 bits per heavy atom. The van der Waals surface area contributed by atoms with Gasteiger partial charge in [0.1, 0.15) is 5.69 Å². The minimum Gasteiger partial charge on any atom is -0.268 e. The number of hydrogen-bond acceptors (Lipinski definition) is 1. The first-order chi connectivity index (χ1) is 7.36. The molecule has 0 spiro atoms. The minimum atomic E-state index is 1.08. The number of hydrogen-bond donors (Lipinski definition) is 0. The lowest BCUT2D eigenvalue weighted by molar-refractivity contribution is 0.659. The van der Waals surface area contributed by atoms with Crippen molar-refractivity contribution in [1.82, 2.24) is 9.78 Å². The Hall–Kier alpha value is -0.840. The molecule has 0 unspecified atom stereocenters. The summed E-state index contributed by atoms with van der Waals surface area (Å²) < 4.78 is 3.49. The molecule has 0 saturated carbocycles. The van der Waals surface area contributed by atoms with Crippen LogP contribution in [0.25, 0.3) is 11.3 Å². The fourth-order valence-corrected chi connectivity index (χ4v) is 3.04. The summed E-state index contributed by atoms with van der Waals surface area (Å²) in [5, 5.41) is 4.67. The molecule has 1 aliphatic heterocycles. The van der Waals surface area contributed by atoms with Gasteiger partial charge in [-0.15, -0.1) is 0 Å². The van der Waals surface area contributed by atoms with Crippen LogP contribution in [0.15, 0.2) is 30.3 Å². The lowest BCUT2D eigenvalue weighted by Crippen LogP contribution is -1.94. The Morgan fingerprint density at radius 2 is 2.00 bits per heavy atom. The van der Waals surface area contributed by atoms with E-state index in [4.69, 9.17) is 0 Å². The molecule has 2 heterocycles. The number of halogens is 1. The second kappa shape index (κ2) is 3.63. The molecule has 2 nitrogen and oxygen atoms in total. The molecule has 1 aromatic heterocycles. The van der Waals surface area contributed by atoms with E-state index in [0.29, 0.717) is 0 Å². The van der Waals surface area contributed by atoms with Gasteiger partial charge in [0.2, 0.25) is 0 Å². The maximum absolute atomic E-state index is 4.67. The predicted octanol–water partition coefficient (Wildman–Crippen LogP) is 3.10. The third-order valence-electron chi connectivity index (χ3n) is 2.82. The second-order valence-corrected chi connectivity index (χ2v) is 4.88. The van der Waals surface area contributed by atoms with Gasteiger partial charge >= 0.3 is 0 Å². The average molecular weight is 310 g/mol. The van der Waals surface area contributed by atoms with E-state index in [-0.39, 0.29) is 0 Å². The molecule has 0 atom stereocenters. The van der Waals surface area contributed by atoms with Gasteiger partial charge in [0.25, 0.3) is 0 Å². The Balaban J connectivity index is 2.14. The quantitative estimate of drug-likeness (QED) is 0.740. The van der Waals surface area contributed by atoms with Crippen LogP contribution in [-0.2, 0) is 13.0 Å². The number of rotatable bonds is 1. The van der Waals surface area contributed by atoms with Crippen LogP contribution < -0.4 is 0 Å². The van der Waals surface area contributed by atoms with Gasteiger partial charge < -0.3 is 0 Å². The van der Waals surface area contributed by atoms with Crippen molar-refractivity contribution in [2.45, 2.75) is 19.4 Å². The molecule has 1 aromatic carbocycles. The molecule has 0 aliphatic carbocycles. The third kappa shape index (κ3) is 1.49. The van der Waals surface area contributed by atoms with Crippen molar-refractivity contribution in [3.05, 3.63) is 39.6 Å². The number of fused-ring (bicyclic) bond motifs is 1. The standard InChI is InChI=1S/C12H11IN2/c13-11-10-7-4-8-15(10)14-12(11)9-5-2-1-3-6-9/h1-3,5-6H,4,7-8H2. The van der Waals surface area contributed by atoms with Gasteiger partial charge in [-0.1, -0.05) is 30.3 Å². The van der Waals surface area contributed by atoms with E-state index < -0.39 is 0 Å². The van der Waals surface area contributed by atoms with Crippen LogP contribution in [0.1, 0.15) is 12.1 Å². The molecule has 1 aliphatic rings. The Morgan fingerprint density at radius 3 is 2.73 bits per heavy atom. The molecule has 0 radical (unpaired) electrons. The summed E-state index contributed by atoms with van der Waals surface area (Å²) in [5.41, 5.74) is 3.78. The fraction of sp³-hybridized carbons (Fsp3) is 0.250. The lowest BCUT2D eigenvalue weighted by Gasteiger charge is -1.97. The van der Waals surface area contributed by atoms with E-state index in [0.717, 1.165) is 12.2 Å². The van der Waals surface area contributed by atoms with E-state index in [2.05, 4.69) is 56.6 Å². The normalized spacial score (nSPS) is 14.2. The van der Waals surface area contributed by atoms with Crippen LogP contribution in [0.5, 0.6) is 0 Å². The topological polar surface area (TPSA) is 17.8 Å². The monoisotopic (exact) mass is 310 g/mol. The highest BCUT2D eigenvalue weighted by atomic mass is 127. The van der Waals surface area contributed by atoms with Crippen LogP contribution in [0.3, 0.4) is 0 Å². The maximum atomic E-state index is 4.67. The zero-order chi connectivity index (χ0) is 10.3. The molecule has 0 saturated heterocycles. The largest absolute Gasteiger partial charge is 0.268 e. The molecule has 3 heteroatoms. The molecule has 76 valence electrons.